The van der Waals surface area contributed by atoms with Gasteiger partial charge in [0.15, 0.2) is 0 Å². The number of amides is 3. The predicted octanol–water partition coefficient (Wildman–Crippen LogP) is 2.78. The zero-order valence-corrected chi connectivity index (χ0v) is 11.3. The molecule has 1 saturated heterocycles. The highest BCUT2D eigenvalue weighted by Gasteiger charge is 2.38. The first-order valence-electron chi connectivity index (χ1n) is 6.21. The lowest BCUT2D eigenvalue weighted by molar-refractivity contribution is -0.119. The Morgan fingerprint density at radius 3 is 2.47 bits per heavy atom. The van der Waals surface area contributed by atoms with Crippen molar-refractivity contribution in [2.75, 3.05) is 11.4 Å². The first-order chi connectivity index (χ1) is 8.80. The first kappa shape index (κ1) is 13.5. The van der Waals surface area contributed by atoms with Crippen molar-refractivity contribution in [1.29, 1.82) is 0 Å². The van der Waals surface area contributed by atoms with Crippen molar-refractivity contribution in [3.63, 3.8) is 0 Å². The van der Waals surface area contributed by atoms with Crippen LogP contribution in [0.1, 0.15) is 27.2 Å². The second kappa shape index (κ2) is 4.64. The van der Waals surface area contributed by atoms with Crippen molar-refractivity contribution in [1.82, 2.24) is 4.90 Å². The van der Waals surface area contributed by atoms with Crippen molar-refractivity contribution in [3.8, 4) is 0 Å². The standard InChI is InChI=1S/C14H17FN2O2/c1-14(2,3)16-8-7-12(18)17(13(16)19)11-6-4-5-10(15)9-11/h4-6,9H,7-8H2,1-3H3. The van der Waals surface area contributed by atoms with Gasteiger partial charge in [-0.2, -0.15) is 0 Å². The topological polar surface area (TPSA) is 40.6 Å². The molecular formula is C14H17FN2O2. The average molecular weight is 264 g/mol. The summed E-state index contributed by atoms with van der Waals surface area (Å²) in [5, 5.41) is 0. The number of halogens is 1. The van der Waals surface area contributed by atoms with Gasteiger partial charge in [-0.1, -0.05) is 6.07 Å². The molecule has 5 heteroatoms. The van der Waals surface area contributed by atoms with Gasteiger partial charge in [0.2, 0.25) is 5.91 Å². The van der Waals surface area contributed by atoms with Crippen LogP contribution >= 0.6 is 0 Å². The SMILES string of the molecule is CC(C)(C)N1CCC(=O)N(c2cccc(F)c2)C1=O. The van der Waals surface area contributed by atoms with E-state index >= 15 is 0 Å². The summed E-state index contributed by atoms with van der Waals surface area (Å²) >= 11 is 0. The van der Waals surface area contributed by atoms with Gasteiger partial charge in [-0.3, -0.25) is 4.79 Å². The first-order valence-corrected chi connectivity index (χ1v) is 6.21. The zero-order valence-electron chi connectivity index (χ0n) is 11.3. The van der Waals surface area contributed by atoms with E-state index in [0.717, 1.165) is 4.90 Å². The highest BCUT2D eigenvalue weighted by molar-refractivity contribution is 6.15. The minimum atomic E-state index is -0.467. The number of imide groups is 1. The molecule has 1 aliphatic heterocycles. The lowest BCUT2D eigenvalue weighted by Crippen LogP contribution is -2.58. The maximum Gasteiger partial charge on any atom is 0.331 e. The molecule has 3 amide bonds. The van der Waals surface area contributed by atoms with E-state index in [1.165, 1.54) is 18.2 Å². The summed E-state index contributed by atoms with van der Waals surface area (Å²) in [6.45, 7) is 6.12. The summed E-state index contributed by atoms with van der Waals surface area (Å²) in [7, 11) is 0. The second-order valence-electron chi connectivity index (χ2n) is 5.56. The summed E-state index contributed by atoms with van der Waals surface area (Å²) < 4.78 is 13.2. The molecule has 0 N–H and O–H groups in total. The number of nitrogens with zero attached hydrogens (tertiary/aromatic N) is 2. The monoisotopic (exact) mass is 264 g/mol. The third-order valence-electron chi connectivity index (χ3n) is 3.10. The van der Waals surface area contributed by atoms with Gasteiger partial charge in [0, 0.05) is 18.5 Å². The summed E-state index contributed by atoms with van der Waals surface area (Å²) in [5.41, 5.74) is -0.0902. The number of carbonyl (C=O) groups excluding carboxylic acids is 2. The average Bonchev–Trinajstić information content (AvgIpc) is 2.27. The van der Waals surface area contributed by atoms with Crippen LogP contribution in [0.4, 0.5) is 14.9 Å². The molecule has 1 aromatic rings. The number of carbonyl (C=O) groups is 2. The van der Waals surface area contributed by atoms with Crippen LogP contribution in [0.2, 0.25) is 0 Å². The van der Waals surface area contributed by atoms with Crippen LogP contribution in [0.15, 0.2) is 24.3 Å². The quantitative estimate of drug-likeness (QED) is 0.782. The zero-order chi connectivity index (χ0) is 14.2. The number of rotatable bonds is 1. The molecule has 0 spiro atoms. The molecule has 0 aromatic heterocycles. The van der Waals surface area contributed by atoms with Gasteiger partial charge >= 0.3 is 6.03 Å². The molecule has 0 aliphatic carbocycles. The fourth-order valence-corrected chi connectivity index (χ4v) is 2.13. The van der Waals surface area contributed by atoms with Gasteiger partial charge in [0.1, 0.15) is 5.82 Å². The van der Waals surface area contributed by atoms with Crippen molar-refractivity contribution < 1.29 is 14.0 Å². The van der Waals surface area contributed by atoms with Gasteiger partial charge in [0.25, 0.3) is 0 Å². The van der Waals surface area contributed by atoms with Gasteiger partial charge in [-0.15, -0.1) is 0 Å². The van der Waals surface area contributed by atoms with E-state index in [4.69, 9.17) is 0 Å². The van der Waals surface area contributed by atoms with Gasteiger partial charge < -0.3 is 4.90 Å². The Balaban J connectivity index is 2.37. The van der Waals surface area contributed by atoms with Crippen LogP contribution in [-0.2, 0) is 4.79 Å². The van der Waals surface area contributed by atoms with Crippen LogP contribution in [0.25, 0.3) is 0 Å². The number of anilines is 1. The number of urea groups is 1. The van der Waals surface area contributed by atoms with Crippen molar-refractivity contribution in [3.05, 3.63) is 30.1 Å². The lowest BCUT2D eigenvalue weighted by atomic mass is 10.0. The Morgan fingerprint density at radius 1 is 1.21 bits per heavy atom. The highest BCUT2D eigenvalue weighted by Crippen LogP contribution is 2.26. The van der Waals surface area contributed by atoms with E-state index in [2.05, 4.69) is 0 Å². The molecular weight excluding hydrogens is 247 g/mol. The molecule has 1 aromatic carbocycles. The van der Waals surface area contributed by atoms with Crippen LogP contribution in [-0.4, -0.2) is 28.9 Å². The molecule has 0 saturated carbocycles. The maximum atomic E-state index is 13.2. The third-order valence-corrected chi connectivity index (χ3v) is 3.10. The molecule has 2 rings (SSSR count). The van der Waals surface area contributed by atoms with E-state index in [1.807, 2.05) is 20.8 Å². The van der Waals surface area contributed by atoms with Crippen LogP contribution in [0.5, 0.6) is 0 Å². The third kappa shape index (κ3) is 2.59. The molecule has 19 heavy (non-hydrogen) atoms. The van der Waals surface area contributed by atoms with E-state index in [9.17, 15) is 14.0 Å². The lowest BCUT2D eigenvalue weighted by Gasteiger charge is -2.41. The molecule has 0 unspecified atom stereocenters. The van der Waals surface area contributed by atoms with Gasteiger partial charge in [-0.25, -0.2) is 14.1 Å². The largest absolute Gasteiger partial charge is 0.331 e. The number of hydrogen-bond donors (Lipinski definition) is 0. The molecule has 1 aliphatic rings. The minimum Gasteiger partial charge on any atom is -0.319 e. The Hall–Kier alpha value is -1.91. The van der Waals surface area contributed by atoms with E-state index < -0.39 is 11.8 Å². The summed E-state index contributed by atoms with van der Waals surface area (Å²) in [5.74, 6) is -0.762. The summed E-state index contributed by atoms with van der Waals surface area (Å²) in [4.78, 5) is 27.0. The second-order valence-corrected chi connectivity index (χ2v) is 5.56. The van der Waals surface area contributed by atoms with Crippen molar-refractivity contribution >= 4 is 17.6 Å². The molecule has 0 bridgehead atoms. The summed E-state index contributed by atoms with van der Waals surface area (Å²) in [6.07, 6.45) is 0.250. The van der Waals surface area contributed by atoms with Crippen molar-refractivity contribution in [2.45, 2.75) is 32.7 Å². The van der Waals surface area contributed by atoms with E-state index in [0.29, 0.717) is 6.54 Å². The van der Waals surface area contributed by atoms with Gasteiger partial charge in [-0.05, 0) is 39.0 Å². The molecule has 4 nitrogen and oxygen atoms in total. The van der Waals surface area contributed by atoms with E-state index in [-0.39, 0.29) is 23.6 Å². The molecule has 1 fully saturated rings. The Bertz CT molecular complexity index is 522. The fraction of sp³-hybridized carbons (Fsp3) is 0.429. The number of hydrogen-bond acceptors (Lipinski definition) is 2. The smallest absolute Gasteiger partial charge is 0.319 e. The van der Waals surface area contributed by atoms with E-state index in [1.54, 1.807) is 11.0 Å². The van der Waals surface area contributed by atoms with Crippen LogP contribution < -0.4 is 4.90 Å². The van der Waals surface area contributed by atoms with Gasteiger partial charge in [0.05, 0.1) is 5.69 Å². The molecule has 1 heterocycles. The van der Waals surface area contributed by atoms with Crippen molar-refractivity contribution in [2.24, 2.45) is 0 Å². The Kier molecular flexibility index (Phi) is 3.30. The van der Waals surface area contributed by atoms with Crippen LogP contribution in [0, 0.1) is 5.82 Å². The Labute approximate surface area is 111 Å². The fourth-order valence-electron chi connectivity index (χ4n) is 2.13. The predicted molar refractivity (Wildman–Crippen MR) is 70.4 cm³/mol. The highest BCUT2D eigenvalue weighted by atomic mass is 19.1. The minimum absolute atomic E-state index is 0.250. The number of benzene rings is 1. The Morgan fingerprint density at radius 2 is 1.89 bits per heavy atom. The molecule has 102 valence electrons. The molecule has 0 atom stereocenters. The normalized spacial score (nSPS) is 17.1. The molecule has 0 radical (unpaired) electrons. The maximum absolute atomic E-state index is 13.2. The summed E-state index contributed by atoms with van der Waals surface area (Å²) in [6, 6.07) is 5.13. The van der Waals surface area contributed by atoms with Crippen LogP contribution in [0.3, 0.4) is 0 Å².